The van der Waals surface area contributed by atoms with Crippen molar-refractivity contribution in [3.05, 3.63) is 29.8 Å². The third-order valence-corrected chi connectivity index (χ3v) is 5.28. The molecular formula is C11H15N3O4S2. The molecule has 20 heavy (non-hydrogen) atoms. The van der Waals surface area contributed by atoms with E-state index in [0.717, 1.165) is 0 Å². The van der Waals surface area contributed by atoms with Crippen molar-refractivity contribution in [1.29, 1.82) is 5.26 Å². The second-order valence-corrected chi connectivity index (χ2v) is 7.59. The molecule has 1 rings (SSSR count). The topological polar surface area (TPSA) is 130 Å². The van der Waals surface area contributed by atoms with Crippen LogP contribution in [-0.2, 0) is 26.6 Å². The summed E-state index contributed by atoms with van der Waals surface area (Å²) < 4.78 is 47.9. The van der Waals surface area contributed by atoms with Crippen molar-refractivity contribution < 1.29 is 16.8 Å². The van der Waals surface area contributed by atoms with E-state index in [0.29, 0.717) is 5.56 Å². The SMILES string of the molecule is CCC(C#N)S(=O)(=O)NCc1ccc(S(N)(=O)=O)cc1. The number of nitrogens with zero attached hydrogens (tertiary/aromatic N) is 1. The largest absolute Gasteiger partial charge is 0.238 e. The van der Waals surface area contributed by atoms with Gasteiger partial charge in [0, 0.05) is 6.54 Å². The molecule has 110 valence electrons. The van der Waals surface area contributed by atoms with Crippen LogP contribution in [0.5, 0.6) is 0 Å². The Kier molecular flexibility index (Phi) is 5.24. The second-order valence-electron chi connectivity index (χ2n) is 4.08. The summed E-state index contributed by atoms with van der Waals surface area (Å²) in [6, 6.07) is 7.20. The van der Waals surface area contributed by atoms with Gasteiger partial charge in [0.25, 0.3) is 0 Å². The molecule has 0 aliphatic rings. The Morgan fingerprint density at radius 3 is 2.20 bits per heavy atom. The van der Waals surface area contributed by atoms with Gasteiger partial charge in [-0.2, -0.15) is 5.26 Å². The Labute approximate surface area is 118 Å². The standard InChI is InChI=1S/C11H15N3O4S2/c1-2-10(7-12)20(17,18)14-8-9-3-5-11(6-4-9)19(13,15)16/h3-6,10,14H,2,8H2,1H3,(H2,13,15,16). The number of nitrogens with one attached hydrogen (secondary N) is 1. The monoisotopic (exact) mass is 317 g/mol. The van der Waals surface area contributed by atoms with Crippen molar-refractivity contribution in [2.45, 2.75) is 30.0 Å². The molecule has 0 aliphatic heterocycles. The van der Waals surface area contributed by atoms with Crippen LogP contribution in [0, 0.1) is 11.3 Å². The maximum absolute atomic E-state index is 11.7. The third-order valence-electron chi connectivity index (χ3n) is 2.62. The van der Waals surface area contributed by atoms with Gasteiger partial charge in [-0.1, -0.05) is 19.1 Å². The highest BCUT2D eigenvalue weighted by molar-refractivity contribution is 7.90. The van der Waals surface area contributed by atoms with Gasteiger partial charge in [0.15, 0.2) is 5.25 Å². The first kappa shape index (κ1) is 16.6. The van der Waals surface area contributed by atoms with Crippen LogP contribution in [0.3, 0.4) is 0 Å². The zero-order valence-electron chi connectivity index (χ0n) is 10.8. The predicted octanol–water partition coefficient (Wildman–Crippen LogP) is 0.0556. The fourth-order valence-corrected chi connectivity index (χ4v) is 3.12. The first-order valence-corrected chi connectivity index (χ1v) is 8.80. The number of nitriles is 1. The van der Waals surface area contributed by atoms with Crippen molar-refractivity contribution >= 4 is 20.0 Å². The van der Waals surface area contributed by atoms with Gasteiger partial charge < -0.3 is 0 Å². The Hall–Kier alpha value is -1.47. The number of hydrogen-bond acceptors (Lipinski definition) is 5. The number of nitrogens with two attached hydrogens (primary N) is 1. The molecule has 7 nitrogen and oxygen atoms in total. The summed E-state index contributed by atoms with van der Waals surface area (Å²) in [4.78, 5) is -0.0485. The van der Waals surface area contributed by atoms with Gasteiger partial charge >= 0.3 is 0 Å². The van der Waals surface area contributed by atoms with Crippen LogP contribution in [-0.4, -0.2) is 22.1 Å². The molecule has 0 heterocycles. The molecule has 0 fully saturated rings. The molecule has 0 aromatic heterocycles. The molecule has 0 amide bonds. The van der Waals surface area contributed by atoms with Crippen molar-refractivity contribution in [1.82, 2.24) is 4.72 Å². The normalized spacial score (nSPS) is 13.7. The molecule has 0 bridgehead atoms. The smallest absolute Gasteiger partial charge is 0.225 e. The van der Waals surface area contributed by atoms with E-state index < -0.39 is 25.3 Å². The fourth-order valence-electron chi connectivity index (χ4n) is 1.46. The summed E-state index contributed by atoms with van der Waals surface area (Å²) in [5.74, 6) is 0. The van der Waals surface area contributed by atoms with Gasteiger partial charge in [0.2, 0.25) is 20.0 Å². The number of rotatable bonds is 6. The first-order valence-electron chi connectivity index (χ1n) is 5.70. The van der Waals surface area contributed by atoms with E-state index in [-0.39, 0.29) is 17.9 Å². The van der Waals surface area contributed by atoms with Crippen LogP contribution in [0.25, 0.3) is 0 Å². The lowest BCUT2D eigenvalue weighted by Crippen LogP contribution is -2.32. The molecule has 1 aromatic carbocycles. The maximum Gasteiger partial charge on any atom is 0.238 e. The van der Waals surface area contributed by atoms with E-state index in [4.69, 9.17) is 10.4 Å². The van der Waals surface area contributed by atoms with Crippen molar-refractivity contribution in [2.24, 2.45) is 5.14 Å². The van der Waals surface area contributed by atoms with Gasteiger partial charge in [-0.05, 0) is 24.1 Å². The van der Waals surface area contributed by atoms with Crippen LogP contribution < -0.4 is 9.86 Å². The average Bonchev–Trinajstić information content (AvgIpc) is 2.37. The highest BCUT2D eigenvalue weighted by atomic mass is 32.2. The lowest BCUT2D eigenvalue weighted by molar-refractivity contribution is 0.572. The number of benzene rings is 1. The van der Waals surface area contributed by atoms with Crippen LogP contribution >= 0.6 is 0 Å². The van der Waals surface area contributed by atoms with Crippen molar-refractivity contribution in [2.75, 3.05) is 0 Å². The van der Waals surface area contributed by atoms with Crippen LogP contribution in [0.2, 0.25) is 0 Å². The molecule has 9 heteroatoms. The summed E-state index contributed by atoms with van der Waals surface area (Å²) in [6.45, 7) is 1.58. The zero-order chi connectivity index (χ0) is 15.4. The molecule has 3 N–H and O–H groups in total. The minimum atomic E-state index is -3.77. The van der Waals surface area contributed by atoms with Gasteiger partial charge in [-0.25, -0.2) is 26.7 Å². The fraction of sp³-hybridized carbons (Fsp3) is 0.364. The van der Waals surface area contributed by atoms with E-state index >= 15 is 0 Å². The van der Waals surface area contributed by atoms with E-state index in [1.165, 1.54) is 24.3 Å². The average molecular weight is 317 g/mol. The Balaban J connectivity index is 2.80. The minimum Gasteiger partial charge on any atom is -0.225 e. The van der Waals surface area contributed by atoms with Gasteiger partial charge in [0.1, 0.15) is 0 Å². The summed E-state index contributed by atoms with van der Waals surface area (Å²) in [5, 5.41) is 12.6. The molecule has 0 radical (unpaired) electrons. The van der Waals surface area contributed by atoms with Crippen LogP contribution in [0.4, 0.5) is 0 Å². The maximum atomic E-state index is 11.7. The summed E-state index contributed by atoms with van der Waals surface area (Å²) in [6.07, 6.45) is 0.191. The highest BCUT2D eigenvalue weighted by Crippen LogP contribution is 2.10. The molecule has 0 saturated carbocycles. The van der Waals surface area contributed by atoms with E-state index in [9.17, 15) is 16.8 Å². The molecular weight excluding hydrogens is 302 g/mol. The molecule has 1 atom stereocenters. The van der Waals surface area contributed by atoms with Crippen molar-refractivity contribution in [3.63, 3.8) is 0 Å². The van der Waals surface area contributed by atoms with E-state index in [1.807, 2.05) is 0 Å². The Morgan fingerprint density at radius 2 is 1.80 bits per heavy atom. The third kappa shape index (κ3) is 4.28. The molecule has 1 aromatic rings. The molecule has 0 saturated heterocycles. The quantitative estimate of drug-likeness (QED) is 0.766. The Morgan fingerprint density at radius 1 is 1.25 bits per heavy atom. The lowest BCUT2D eigenvalue weighted by Gasteiger charge is -2.10. The van der Waals surface area contributed by atoms with Gasteiger partial charge in [0.05, 0.1) is 11.0 Å². The van der Waals surface area contributed by atoms with Crippen LogP contribution in [0.1, 0.15) is 18.9 Å². The van der Waals surface area contributed by atoms with E-state index in [2.05, 4.69) is 4.72 Å². The first-order chi connectivity index (χ1) is 9.20. The van der Waals surface area contributed by atoms with Crippen LogP contribution in [0.15, 0.2) is 29.2 Å². The minimum absolute atomic E-state index is 0.0224. The van der Waals surface area contributed by atoms with Gasteiger partial charge in [-0.3, -0.25) is 0 Å². The molecule has 1 unspecified atom stereocenters. The molecule has 0 spiro atoms. The summed E-state index contributed by atoms with van der Waals surface area (Å²) in [7, 11) is -7.48. The summed E-state index contributed by atoms with van der Waals surface area (Å²) >= 11 is 0. The molecule has 0 aliphatic carbocycles. The van der Waals surface area contributed by atoms with Crippen molar-refractivity contribution in [3.8, 4) is 6.07 Å². The van der Waals surface area contributed by atoms with E-state index in [1.54, 1.807) is 13.0 Å². The number of primary sulfonamides is 1. The zero-order valence-corrected chi connectivity index (χ0v) is 12.4. The second kappa shape index (κ2) is 6.32. The highest BCUT2D eigenvalue weighted by Gasteiger charge is 2.22. The predicted molar refractivity (Wildman–Crippen MR) is 73.3 cm³/mol. The summed E-state index contributed by atoms with van der Waals surface area (Å²) in [5.41, 5.74) is 0.564. The Bertz CT molecular complexity index is 703. The number of hydrogen-bond donors (Lipinski definition) is 2. The number of sulfonamides is 2. The lowest BCUT2D eigenvalue weighted by atomic mass is 10.2. The van der Waals surface area contributed by atoms with Gasteiger partial charge in [-0.15, -0.1) is 0 Å².